The molecule has 0 aromatic heterocycles. The number of nitrogens with zero attached hydrogens (tertiary/aromatic N) is 1. The fourth-order valence-corrected chi connectivity index (χ4v) is 2.54. The van der Waals surface area contributed by atoms with Crippen molar-refractivity contribution in [3.8, 4) is 5.75 Å². The Balaban J connectivity index is 1.84. The molecule has 0 unspecified atom stereocenters. The fraction of sp³-hybridized carbons (Fsp3) is 0.273. The molecule has 0 heterocycles. The Labute approximate surface area is 186 Å². The first-order valence-electron chi connectivity index (χ1n) is 9.71. The van der Waals surface area contributed by atoms with Crippen molar-refractivity contribution in [2.75, 3.05) is 11.9 Å². The number of hydrazone groups is 1. The standard InChI is InChI=1S/C22H25ClN4O4/c1-4-15(3)25-21(29)22(30)27-24-12-16-7-10-19(18(23)11-16)31-13-20(28)26-17-8-5-14(2)6-9-17/h5-12,15H,4,13H2,1-3H3,(H,25,29)(H,26,28)(H,27,30)/b24-12-/t15-/m1/s1. The monoisotopic (exact) mass is 444 g/mol. The van der Waals surface area contributed by atoms with Crippen LogP contribution in [-0.2, 0) is 14.4 Å². The van der Waals surface area contributed by atoms with Crippen molar-refractivity contribution in [2.24, 2.45) is 5.10 Å². The molecule has 2 aromatic rings. The molecule has 3 N–H and O–H groups in total. The molecule has 8 nitrogen and oxygen atoms in total. The van der Waals surface area contributed by atoms with Gasteiger partial charge in [0.15, 0.2) is 6.61 Å². The average molecular weight is 445 g/mol. The molecule has 31 heavy (non-hydrogen) atoms. The van der Waals surface area contributed by atoms with Crippen molar-refractivity contribution in [2.45, 2.75) is 33.2 Å². The van der Waals surface area contributed by atoms with Crippen LogP contribution >= 0.6 is 11.6 Å². The third kappa shape index (κ3) is 8.10. The highest BCUT2D eigenvalue weighted by Crippen LogP contribution is 2.25. The Kier molecular flexibility index (Phi) is 9.02. The van der Waals surface area contributed by atoms with E-state index in [0.29, 0.717) is 23.4 Å². The van der Waals surface area contributed by atoms with Crippen LogP contribution in [0.4, 0.5) is 5.69 Å². The average Bonchev–Trinajstić information content (AvgIpc) is 2.74. The van der Waals surface area contributed by atoms with Crippen LogP contribution in [-0.4, -0.2) is 36.6 Å². The van der Waals surface area contributed by atoms with E-state index in [0.717, 1.165) is 5.56 Å². The van der Waals surface area contributed by atoms with Crippen molar-refractivity contribution in [3.63, 3.8) is 0 Å². The fourth-order valence-electron chi connectivity index (χ4n) is 2.30. The van der Waals surface area contributed by atoms with Gasteiger partial charge in [0.1, 0.15) is 5.75 Å². The van der Waals surface area contributed by atoms with Gasteiger partial charge in [-0.25, -0.2) is 5.43 Å². The number of carbonyl (C=O) groups is 3. The summed E-state index contributed by atoms with van der Waals surface area (Å²) in [5, 5.41) is 9.29. The summed E-state index contributed by atoms with van der Waals surface area (Å²) < 4.78 is 5.46. The van der Waals surface area contributed by atoms with Crippen LogP contribution in [0.25, 0.3) is 0 Å². The van der Waals surface area contributed by atoms with Gasteiger partial charge >= 0.3 is 11.8 Å². The summed E-state index contributed by atoms with van der Waals surface area (Å²) in [5.41, 5.74) is 4.50. The number of hydrogen-bond acceptors (Lipinski definition) is 5. The van der Waals surface area contributed by atoms with E-state index in [1.54, 1.807) is 37.3 Å². The molecule has 9 heteroatoms. The maximum atomic E-state index is 12.0. The third-order valence-electron chi connectivity index (χ3n) is 4.23. The molecule has 2 rings (SSSR count). The van der Waals surface area contributed by atoms with Gasteiger partial charge in [0.25, 0.3) is 5.91 Å². The molecule has 3 amide bonds. The summed E-state index contributed by atoms with van der Waals surface area (Å²) >= 11 is 6.19. The second-order valence-corrected chi connectivity index (χ2v) is 7.28. The number of anilines is 1. The number of hydrogen-bond donors (Lipinski definition) is 3. The van der Waals surface area contributed by atoms with Crippen molar-refractivity contribution in [1.29, 1.82) is 0 Å². The number of nitrogens with one attached hydrogen (secondary N) is 3. The van der Waals surface area contributed by atoms with Gasteiger partial charge in [0, 0.05) is 11.7 Å². The second-order valence-electron chi connectivity index (χ2n) is 6.87. The van der Waals surface area contributed by atoms with Gasteiger partial charge in [-0.2, -0.15) is 5.10 Å². The van der Waals surface area contributed by atoms with Gasteiger partial charge in [-0.05, 0) is 56.2 Å². The van der Waals surface area contributed by atoms with Gasteiger partial charge in [0.2, 0.25) is 0 Å². The Bertz CT molecular complexity index is 960. The van der Waals surface area contributed by atoms with Gasteiger partial charge < -0.3 is 15.4 Å². The molecule has 0 aliphatic heterocycles. The topological polar surface area (TPSA) is 109 Å². The van der Waals surface area contributed by atoms with Crippen LogP contribution in [0.3, 0.4) is 0 Å². The molecule has 164 valence electrons. The quantitative estimate of drug-likeness (QED) is 0.330. The summed E-state index contributed by atoms with van der Waals surface area (Å²) in [5.74, 6) is -1.60. The van der Waals surface area contributed by atoms with E-state index in [2.05, 4.69) is 21.2 Å². The molecule has 0 aliphatic carbocycles. The van der Waals surface area contributed by atoms with Crippen LogP contribution in [0.15, 0.2) is 47.6 Å². The number of rotatable bonds is 8. The van der Waals surface area contributed by atoms with E-state index in [1.807, 2.05) is 26.0 Å². The van der Waals surface area contributed by atoms with Crippen LogP contribution in [0.2, 0.25) is 5.02 Å². The molecular formula is C22H25ClN4O4. The maximum absolute atomic E-state index is 12.0. The van der Waals surface area contributed by atoms with E-state index in [-0.39, 0.29) is 23.6 Å². The summed E-state index contributed by atoms with van der Waals surface area (Å²) in [6.45, 7) is 5.45. The first-order chi connectivity index (χ1) is 14.8. The lowest BCUT2D eigenvalue weighted by atomic mass is 10.2. The lowest BCUT2D eigenvalue weighted by Gasteiger charge is -2.10. The number of aryl methyl sites for hydroxylation is 1. The number of halogens is 1. The van der Waals surface area contributed by atoms with Crippen LogP contribution in [0.5, 0.6) is 5.75 Å². The summed E-state index contributed by atoms with van der Waals surface area (Å²) in [6, 6.07) is 12.1. The van der Waals surface area contributed by atoms with Gasteiger partial charge in [-0.3, -0.25) is 14.4 Å². The molecule has 2 aromatic carbocycles. The lowest BCUT2D eigenvalue weighted by Crippen LogP contribution is -2.41. The van der Waals surface area contributed by atoms with Crippen molar-refractivity contribution in [3.05, 3.63) is 58.6 Å². The highest BCUT2D eigenvalue weighted by atomic mass is 35.5. The van der Waals surface area contributed by atoms with Crippen molar-refractivity contribution in [1.82, 2.24) is 10.7 Å². The molecule has 0 aliphatic rings. The predicted molar refractivity (Wildman–Crippen MR) is 120 cm³/mol. The summed E-state index contributed by atoms with van der Waals surface area (Å²) in [7, 11) is 0. The molecule has 0 spiro atoms. The van der Waals surface area contributed by atoms with Crippen LogP contribution < -0.4 is 20.8 Å². The van der Waals surface area contributed by atoms with E-state index in [4.69, 9.17) is 16.3 Å². The molecule has 1 atom stereocenters. The first kappa shape index (κ1) is 23.9. The van der Waals surface area contributed by atoms with Crippen molar-refractivity contribution >= 4 is 41.2 Å². The predicted octanol–water partition coefficient (Wildman–Crippen LogP) is 3.03. The summed E-state index contributed by atoms with van der Waals surface area (Å²) in [4.78, 5) is 35.3. The number of benzene rings is 2. The molecule has 0 fully saturated rings. The largest absolute Gasteiger partial charge is 0.482 e. The smallest absolute Gasteiger partial charge is 0.329 e. The van der Waals surface area contributed by atoms with Crippen LogP contribution in [0, 0.1) is 6.92 Å². The first-order valence-corrected chi connectivity index (χ1v) is 10.1. The van der Waals surface area contributed by atoms with E-state index in [9.17, 15) is 14.4 Å². The second kappa shape index (κ2) is 11.7. The normalized spacial score (nSPS) is 11.6. The number of amides is 3. The molecule has 0 saturated heterocycles. The molecule has 0 bridgehead atoms. The van der Waals surface area contributed by atoms with E-state index in [1.165, 1.54) is 6.21 Å². The molecule has 0 radical (unpaired) electrons. The Morgan fingerprint density at radius 1 is 1.13 bits per heavy atom. The Morgan fingerprint density at radius 3 is 2.48 bits per heavy atom. The van der Waals surface area contributed by atoms with Gasteiger partial charge in [-0.15, -0.1) is 0 Å². The third-order valence-corrected chi connectivity index (χ3v) is 4.52. The Morgan fingerprint density at radius 2 is 1.84 bits per heavy atom. The minimum Gasteiger partial charge on any atom is -0.482 e. The SMILES string of the molecule is CC[C@@H](C)NC(=O)C(=O)N/N=C\c1ccc(OCC(=O)Nc2ccc(C)cc2)c(Cl)c1. The van der Waals surface area contributed by atoms with E-state index < -0.39 is 11.8 Å². The maximum Gasteiger partial charge on any atom is 0.329 e. The lowest BCUT2D eigenvalue weighted by molar-refractivity contribution is -0.139. The zero-order valence-electron chi connectivity index (χ0n) is 17.6. The van der Waals surface area contributed by atoms with Crippen LogP contribution in [0.1, 0.15) is 31.4 Å². The number of ether oxygens (including phenoxy) is 1. The zero-order valence-corrected chi connectivity index (χ0v) is 18.3. The van der Waals surface area contributed by atoms with Gasteiger partial charge in [-0.1, -0.05) is 36.2 Å². The number of carbonyl (C=O) groups excluding carboxylic acids is 3. The summed E-state index contributed by atoms with van der Waals surface area (Å²) in [6.07, 6.45) is 2.05. The van der Waals surface area contributed by atoms with Gasteiger partial charge in [0.05, 0.1) is 11.2 Å². The highest BCUT2D eigenvalue weighted by molar-refractivity contribution is 6.35. The molecular weight excluding hydrogens is 420 g/mol. The zero-order chi connectivity index (χ0) is 22.8. The Hall–Kier alpha value is -3.39. The van der Waals surface area contributed by atoms with Crippen molar-refractivity contribution < 1.29 is 19.1 Å². The molecule has 0 saturated carbocycles. The highest BCUT2D eigenvalue weighted by Gasteiger charge is 2.14. The van der Waals surface area contributed by atoms with E-state index >= 15 is 0 Å². The minimum absolute atomic E-state index is 0.104. The minimum atomic E-state index is -0.859.